The Hall–Kier alpha value is -0.800. The Morgan fingerprint density at radius 2 is 2.00 bits per heavy atom. The average Bonchev–Trinajstić information content (AvgIpc) is 2.42. The lowest BCUT2D eigenvalue weighted by Gasteiger charge is -2.38. The standard InChI is InChI=1S/C14H18Cl2N2O/c1-3-14(2)6-8-18(9-7-14)13(19)12-10(15)4-5-11(16)17-12/h4-5H,3,6-9H2,1-2H3. The molecule has 5 heteroatoms. The highest BCUT2D eigenvalue weighted by Gasteiger charge is 2.31. The van der Waals surface area contributed by atoms with Crippen LogP contribution in [0.2, 0.25) is 10.2 Å². The lowest BCUT2D eigenvalue weighted by molar-refractivity contribution is 0.0595. The molecule has 19 heavy (non-hydrogen) atoms. The molecule has 0 atom stereocenters. The number of hydrogen-bond donors (Lipinski definition) is 0. The third-order valence-electron chi connectivity index (χ3n) is 4.13. The van der Waals surface area contributed by atoms with E-state index in [0.717, 1.165) is 32.4 Å². The van der Waals surface area contributed by atoms with E-state index in [2.05, 4.69) is 18.8 Å². The van der Waals surface area contributed by atoms with Crippen LogP contribution in [0.4, 0.5) is 0 Å². The summed E-state index contributed by atoms with van der Waals surface area (Å²) in [4.78, 5) is 18.3. The maximum atomic E-state index is 12.4. The van der Waals surface area contributed by atoms with Gasteiger partial charge in [-0.25, -0.2) is 4.98 Å². The second kappa shape index (κ2) is 5.68. The van der Waals surface area contributed by atoms with Crippen molar-refractivity contribution in [2.45, 2.75) is 33.1 Å². The van der Waals surface area contributed by atoms with Gasteiger partial charge in [0.15, 0.2) is 0 Å². The Morgan fingerprint density at radius 3 is 2.58 bits per heavy atom. The predicted octanol–water partition coefficient (Wildman–Crippen LogP) is 4.04. The molecular formula is C14H18Cl2N2O. The number of carbonyl (C=O) groups is 1. The number of pyridine rings is 1. The Kier molecular flexibility index (Phi) is 4.36. The summed E-state index contributed by atoms with van der Waals surface area (Å²) in [6.07, 6.45) is 3.19. The average molecular weight is 301 g/mol. The van der Waals surface area contributed by atoms with Gasteiger partial charge in [0.25, 0.3) is 5.91 Å². The fourth-order valence-electron chi connectivity index (χ4n) is 2.32. The molecule has 2 heterocycles. The SMILES string of the molecule is CCC1(C)CCN(C(=O)c2nc(Cl)ccc2Cl)CC1. The Balaban J connectivity index is 2.11. The fraction of sp³-hybridized carbons (Fsp3) is 0.571. The maximum Gasteiger partial charge on any atom is 0.274 e. The zero-order chi connectivity index (χ0) is 14.0. The van der Waals surface area contributed by atoms with Gasteiger partial charge in [0.2, 0.25) is 0 Å². The normalized spacial score (nSPS) is 18.4. The van der Waals surface area contributed by atoms with E-state index in [-0.39, 0.29) is 11.6 Å². The van der Waals surface area contributed by atoms with Crippen LogP contribution in [0.5, 0.6) is 0 Å². The van der Waals surface area contributed by atoms with Crippen LogP contribution in [-0.2, 0) is 0 Å². The molecule has 0 aromatic carbocycles. The topological polar surface area (TPSA) is 33.2 Å². The molecule has 1 aromatic heterocycles. The van der Waals surface area contributed by atoms with E-state index in [9.17, 15) is 4.79 Å². The molecule has 0 spiro atoms. The molecule has 0 bridgehead atoms. The van der Waals surface area contributed by atoms with Crippen LogP contribution in [0.1, 0.15) is 43.6 Å². The Bertz CT molecular complexity index is 482. The summed E-state index contributed by atoms with van der Waals surface area (Å²) in [5, 5.41) is 0.654. The van der Waals surface area contributed by atoms with Gasteiger partial charge in [0.05, 0.1) is 5.02 Å². The van der Waals surface area contributed by atoms with Crippen molar-refractivity contribution in [3.63, 3.8) is 0 Å². The smallest absolute Gasteiger partial charge is 0.274 e. The van der Waals surface area contributed by atoms with Crippen molar-refractivity contribution in [1.82, 2.24) is 9.88 Å². The van der Waals surface area contributed by atoms with E-state index < -0.39 is 0 Å². The molecule has 1 aromatic rings. The van der Waals surface area contributed by atoms with E-state index in [1.807, 2.05) is 4.90 Å². The van der Waals surface area contributed by atoms with Gasteiger partial charge in [-0.15, -0.1) is 0 Å². The lowest BCUT2D eigenvalue weighted by atomic mass is 9.78. The summed E-state index contributed by atoms with van der Waals surface area (Å²) in [7, 11) is 0. The van der Waals surface area contributed by atoms with Crippen LogP contribution >= 0.6 is 23.2 Å². The number of amides is 1. The quantitative estimate of drug-likeness (QED) is 0.772. The first-order chi connectivity index (χ1) is 8.95. The number of halogens is 2. The maximum absolute atomic E-state index is 12.4. The lowest BCUT2D eigenvalue weighted by Crippen LogP contribution is -2.42. The predicted molar refractivity (Wildman–Crippen MR) is 77.8 cm³/mol. The first kappa shape index (κ1) is 14.6. The molecule has 2 rings (SSSR count). The second-order valence-corrected chi connectivity index (χ2v) is 6.22. The van der Waals surface area contributed by atoms with Crippen molar-refractivity contribution < 1.29 is 4.79 Å². The van der Waals surface area contributed by atoms with Crippen LogP contribution in [-0.4, -0.2) is 28.9 Å². The van der Waals surface area contributed by atoms with Gasteiger partial charge < -0.3 is 4.90 Å². The molecule has 1 saturated heterocycles. The monoisotopic (exact) mass is 300 g/mol. The summed E-state index contributed by atoms with van der Waals surface area (Å²) in [6, 6.07) is 3.20. The summed E-state index contributed by atoms with van der Waals surface area (Å²) < 4.78 is 0. The van der Waals surface area contributed by atoms with Crippen molar-refractivity contribution in [1.29, 1.82) is 0 Å². The molecule has 104 valence electrons. The molecule has 0 unspecified atom stereocenters. The van der Waals surface area contributed by atoms with Gasteiger partial charge in [0.1, 0.15) is 10.8 Å². The summed E-state index contributed by atoms with van der Waals surface area (Å²) in [5.74, 6) is -0.120. The molecule has 1 amide bonds. The van der Waals surface area contributed by atoms with Crippen LogP contribution < -0.4 is 0 Å². The third-order valence-corrected chi connectivity index (χ3v) is 4.64. The first-order valence-electron chi connectivity index (χ1n) is 6.56. The number of rotatable bonds is 2. The number of piperidine rings is 1. The van der Waals surface area contributed by atoms with E-state index in [0.29, 0.717) is 15.6 Å². The van der Waals surface area contributed by atoms with Crippen molar-refractivity contribution in [3.05, 3.63) is 28.0 Å². The molecule has 0 aliphatic carbocycles. The highest BCUT2D eigenvalue weighted by atomic mass is 35.5. The molecule has 1 fully saturated rings. The number of aromatic nitrogens is 1. The minimum atomic E-state index is -0.120. The Labute approximate surface area is 123 Å². The third kappa shape index (κ3) is 3.21. The van der Waals surface area contributed by atoms with Gasteiger partial charge in [0, 0.05) is 13.1 Å². The van der Waals surface area contributed by atoms with Gasteiger partial charge in [-0.1, -0.05) is 43.5 Å². The molecule has 0 N–H and O–H groups in total. The molecular weight excluding hydrogens is 283 g/mol. The summed E-state index contributed by atoms with van der Waals surface area (Å²) in [6.45, 7) is 5.99. The van der Waals surface area contributed by atoms with Crippen molar-refractivity contribution in [2.75, 3.05) is 13.1 Å². The highest BCUT2D eigenvalue weighted by Crippen LogP contribution is 2.34. The molecule has 1 aliphatic rings. The minimum absolute atomic E-state index is 0.120. The van der Waals surface area contributed by atoms with E-state index >= 15 is 0 Å². The van der Waals surface area contributed by atoms with Crippen LogP contribution in [0.3, 0.4) is 0 Å². The van der Waals surface area contributed by atoms with Crippen molar-refractivity contribution >= 4 is 29.1 Å². The second-order valence-electron chi connectivity index (χ2n) is 5.42. The molecule has 3 nitrogen and oxygen atoms in total. The summed E-state index contributed by atoms with van der Waals surface area (Å²) in [5.41, 5.74) is 0.608. The van der Waals surface area contributed by atoms with Gasteiger partial charge in [-0.3, -0.25) is 4.79 Å². The van der Waals surface area contributed by atoms with Crippen molar-refractivity contribution in [3.8, 4) is 0 Å². The van der Waals surface area contributed by atoms with E-state index in [1.165, 1.54) is 0 Å². The number of carbonyl (C=O) groups excluding carboxylic acids is 1. The number of hydrogen-bond acceptors (Lipinski definition) is 2. The highest BCUT2D eigenvalue weighted by molar-refractivity contribution is 6.34. The number of nitrogens with zero attached hydrogens (tertiary/aromatic N) is 2. The Morgan fingerprint density at radius 1 is 1.37 bits per heavy atom. The van der Waals surface area contributed by atoms with Crippen LogP contribution in [0, 0.1) is 5.41 Å². The van der Waals surface area contributed by atoms with Crippen molar-refractivity contribution in [2.24, 2.45) is 5.41 Å². The minimum Gasteiger partial charge on any atom is -0.337 e. The van der Waals surface area contributed by atoms with Crippen LogP contribution in [0.25, 0.3) is 0 Å². The first-order valence-corrected chi connectivity index (χ1v) is 7.32. The molecule has 0 saturated carbocycles. The fourth-order valence-corrected chi connectivity index (χ4v) is 2.65. The largest absolute Gasteiger partial charge is 0.337 e. The molecule has 1 aliphatic heterocycles. The van der Waals surface area contributed by atoms with E-state index in [1.54, 1.807) is 12.1 Å². The van der Waals surface area contributed by atoms with Crippen LogP contribution in [0.15, 0.2) is 12.1 Å². The van der Waals surface area contributed by atoms with E-state index in [4.69, 9.17) is 23.2 Å². The number of likely N-dealkylation sites (tertiary alicyclic amines) is 1. The van der Waals surface area contributed by atoms with Gasteiger partial charge in [-0.2, -0.15) is 0 Å². The van der Waals surface area contributed by atoms with Gasteiger partial charge >= 0.3 is 0 Å². The molecule has 0 radical (unpaired) electrons. The zero-order valence-electron chi connectivity index (χ0n) is 11.2. The summed E-state index contributed by atoms with van der Waals surface area (Å²) >= 11 is 11.9. The zero-order valence-corrected chi connectivity index (χ0v) is 12.8. The van der Waals surface area contributed by atoms with Gasteiger partial charge in [-0.05, 0) is 30.4 Å².